The van der Waals surface area contributed by atoms with Crippen LogP contribution in [0, 0.1) is 0 Å². The van der Waals surface area contributed by atoms with Crippen LogP contribution in [0.4, 0.5) is 5.69 Å². The molecule has 0 spiro atoms. The first-order chi connectivity index (χ1) is 9.28. The Morgan fingerprint density at radius 1 is 1.37 bits per heavy atom. The van der Waals surface area contributed by atoms with Gasteiger partial charge in [0.05, 0.1) is 24.1 Å². The second-order valence-corrected chi connectivity index (χ2v) is 3.92. The fourth-order valence-electron chi connectivity index (χ4n) is 1.79. The molecule has 0 bridgehead atoms. The van der Waals surface area contributed by atoms with Gasteiger partial charge in [-0.2, -0.15) is 0 Å². The average Bonchev–Trinajstić information content (AvgIpc) is 2.76. The van der Waals surface area contributed by atoms with E-state index in [1.165, 1.54) is 21.5 Å². The van der Waals surface area contributed by atoms with Gasteiger partial charge >= 0.3 is 5.69 Å². The summed E-state index contributed by atoms with van der Waals surface area (Å²) in [6.45, 7) is 0.274. The Morgan fingerprint density at radius 3 is 3.05 bits per heavy atom. The molecular weight excluding hydrogens is 246 g/mol. The zero-order valence-electron chi connectivity index (χ0n) is 9.89. The first kappa shape index (κ1) is 11.4. The lowest BCUT2D eigenvalue weighted by Gasteiger charge is -2.02. The summed E-state index contributed by atoms with van der Waals surface area (Å²) in [5, 5.41) is 4.18. The summed E-state index contributed by atoms with van der Waals surface area (Å²) >= 11 is 0. The lowest BCUT2D eigenvalue weighted by atomic mass is 10.3. The molecule has 3 aromatic rings. The highest BCUT2D eigenvalue weighted by Gasteiger charge is 2.07. The highest BCUT2D eigenvalue weighted by atomic mass is 16.2. The number of aromatic nitrogens is 5. The molecule has 0 fully saturated rings. The smallest absolute Gasteiger partial charge is 0.324 e. The number of nitrogen functional groups attached to an aromatic ring is 1. The number of anilines is 1. The summed E-state index contributed by atoms with van der Waals surface area (Å²) in [6.07, 6.45) is 6.26. The Balaban J connectivity index is 2.01. The molecule has 0 aromatic carbocycles. The highest BCUT2D eigenvalue weighted by molar-refractivity contribution is 5.41. The van der Waals surface area contributed by atoms with E-state index in [1.54, 1.807) is 24.5 Å². The molecule has 96 valence electrons. The topological polar surface area (TPSA) is 103 Å². The van der Waals surface area contributed by atoms with Crippen LogP contribution in [0.5, 0.6) is 0 Å². The zero-order valence-corrected chi connectivity index (χ0v) is 9.89. The molecule has 0 unspecified atom stereocenters. The number of rotatable bonds is 3. The number of nitrogens with two attached hydrogens (primary N) is 1. The van der Waals surface area contributed by atoms with E-state index in [4.69, 9.17) is 5.84 Å². The average molecular weight is 257 g/mol. The van der Waals surface area contributed by atoms with Crippen LogP contribution in [0.25, 0.3) is 5.65 Å². The van der Waals surface area contributed by atoms with Crippen LogP contribution in [0.1, 0.15) is 5.69 Å². The summed E-state index contributed by atoms with van der Waals surface area (Å²) in [6, 6.07) is 3.49. The predicted octanol–water partition coefficient (Wildman–Crippen LogP) is -0.380. The van der Waals surface area contributed by atoms with Crippen LogP contribution < -0.4 is 17.0 Å². The number of hydrogen-bond acceptors (Lipinski definition) is 6. The minimum atomic E-state index is -0.231. The molecule has 0 amide bonds. The molecule has 0 atom stereocenters. The quantitative estimate of drug-likeness (QED) is 0.489. The van der Waals surface area contributed by atoms with Gasteiger partial charge in [0.25, 0.3) is 0 Å². The van der Waals surface area contributed by atoms with Gasteiger partial charge in [0.1, 0.15) is 0 Å². The lowest BCUT2D eigenvalue weighted by Crippen LogP contribution is -2.22. The van der Waals surface area contributed by atoms with Crippen molar-refractivity contribution in [2.45, 2.75) is 6.54 Å². The third-order valence-corrected chi connectivity index (χ3v) is 2.68. The largest absolute Gasteiger partial charge is 0.350 e. The summed E-state index contributed by atoms with van der Waals surface area (Å²) in [5.74, 6) is 5.33. The third-order valence-electron chi connectivity index (χ3n) is 2.68. The molecule has 0 saturated heterocycles. The van der Waals surface area contributed by atoms with E-state index in [9.17, 15) is 4.79 Å². The Morgan fingerprint density at radius 2 is 2.26 bits per heavy atom. The van der Waals surface area contributed by atoms with Crippen molar-refractivity contribution in [3.05, 3.63) is 53.1 Å². The van der Waals surface area contributed by atoms with E-state index in [1.807, 2.05) is 0 Å². The second-order valence-electron chi connectivity index (χ2n) is 3.92. The van der Waals surface area contributed by atoms with Crippen LogP contribution in [0.2, 0.25) is 0 Å². The fraction of sp³-hybridized carbons (Fsp3) is 0.0909. The summed E-state index contributed by atoms with van der Waals surface area (Å²) in [7, 11) is 0. The van der Waals surface area contributed by atoms with Crippen molar-refractivity contribution in [3.63, 3.8) is 0 Å². The van der Waals surface area contributed by atoms with Gasteiger partial charge < -0.3 is 5.43 Å². The van der Waals surface area contributed by atoms with Crippen molar-refractivity contribution in [2.24, 2.45) is 5.84 Å². The monoisotopic (exact) mass is 257 g/mol. The molecule has 0 saturated carbocycles. The van der Waals surface area contributed by atoms with Crippen LogP contribution in [-0.2, 0) is 6.54 Å². The van der Waals surface area contributed by atoms with Gasteiger partial charge in [-0.25, -0.2) is 13.9 Å². The third kappa shape index (κ3) is 2.04. The maximum Gasteiger partial charge on any atom is 0.350 e. The summed E-state index contributed by atoms with van der Waals surface area (Å²) in [4.78, 5) is 20.2. The molecule has 3 aromatic heterocycles. The molecule has 0 aliphatic rings. The number of hydrogen-bond donors (Lipinski definition) is 2. The Kier molecular flexibility index (Phi) is 2.69. The van der Waals surface area contributed by atoms with E-state index in [-0.39, 0.29) is 12.2 Å². The van der Waals surface area contributed by atoms with Crippen LogP contribution in [-0.4, -0.2) is 24.1 Å². The van der Waals surface area contributed by atoms with Gasteiger partial charge in [-0.05, 0) is 12.1 Å². The van der Waals surface area contributed by atoms with E-state index < -0.39 is 0 Å². The lowest BCUT2D eigenvalue weighted by molar-refractivity contribution is 0.646. The maximum atomic E-state index is 12.1. The number of pyridine rings is 1. The molecule has 8 nitrogen and oxygen atoms in total. The van der Waals surface area contributed by atoms with Crippen molar-refractivity contribution in [3.8, 4) is 0 Å². The van der Waals surface area contributed by atoms with Gasteiger partial charge in [-0.3, -0.25) is 15.8 Å². The van der Waals surface area contributed by atoms with Crippen LogP contribution in [0.3, 0.4) is 0 Å². The molecule has 8 heteroatoms. The van der Waals surface area contributed by atoms with Crippen molar-refractivity contribution in [2.75, 3.05) is 5.43 Å². The normalized spacial score (nSPS) is 10.8. The summed E-state index contributed by atoms with van der Waals surface area (Å²) < 4.78 is 2.76. The van der Waals surface area contributed by atoms with Gasteiger partial charge in [0.2, 0.25) is 0 Å². The number of nitrogens with zero attached hydrogens (tertiary/aromatic N) is 5. The highest BCUT2D eigenvalue weighted by Crippen LogP contribution is 2.06. The first-order valence-corrected chi connectivity index (χ1v) is 5.58. The molecule has 0 radical (unpaired) electrons. The Labute approximate surface area is 107 Å². The van der Waals surface area contributed by atoms with Crippen molar-refractivity contribution < 1.29 is 0 Å². The van der Waals surface area contributed by atoms with Crippen LogP contribution >= 0.6 is 0 Å². The Hall–Kier alpha value is -2.74. The van der Waals surface area contributed by atoms with E-state index in [2.05, 4.69) is 20.5 Å². The molecular formula is C11H11N7O. The molecule has 19 heavy (non-hydrogen) atoms. The van der Waals surface area contributed by atoms with Gasteiger partial charge in [0, 0.05) is 18.6 Å². The molecule has 3 N–H and O–H groups in total. The standard InChI is InChI=1S/C11H11N7O/c12-15-8-1-2-14-9(5-8)7-18-11(19)17-4-3-13-6-10(17)16-18/h1-6H,7,12H2,(H,14,15). The van der Waals surface area contributed by atoms with Crippen molar-refractivity contribution in [1.82, 2.24) is 24.1 Å². The minimum Gasteiger partial charge on any atom is -0.324 e. The zero-order chi connectivity index (χ0) is 13.2. The van der Waals surface area contributed by atoms with E-state index in [0.29, 0.717) is 11.3 Å². The second kappa shape index (κ2) is 4.50. The first-order valence-electron chi connectivity index (χ1n) is 5.58. The van der Waals surface area contributed by atoms with Crippen molar-refractivity contribution >= 4 is 11.3 Å². The van der Waals surface area contributed by atoms with E-state index in [0.717, 1.165) is 5.69 Å². The fourth-order valence-corrected chi connectivity index (χ4v) is 1.79. The maximum absolute atomic E-state index is 12.1. The molecule has 0 aliphatic carbocycles. The molecule has 3 heterocycles. The van der Waals surface area contributed by atoms with Gasteiger partial charge in [0.15, 0.2) is 5.65 Å². The molecule has 0 aliphatic heterocycles. The van der Waals surface area contributed by atoms with Gasteiger partial charge in [-0.1, -0.05) is 0 Å². The van der Waals surface area contributed by atoms with Crippen molar-refractivity contribution in [1.29, 1.82) is 0 Å². The number of nitrogens with one attached hydrogen (secondary N) is 1. The van der Waals surface area contributed by atoms with E-state index >= 15 is 0 Å². The minimum absolute atomic E-state index is 0.231. The predicted molar refractivity (Wildman–Crippen MR) is 68.4 cm³/mol. The number of hydrazine groups is 1. The SMILES string of the molecule is NNc1ccnc(Cn2nc3cnccn3c2=O)c1. The van der Waals surface area contributed by atoms with Crippen LogP contribution in [0.15, 0.2) is 41.7 Å². The molecule has 3 rings (SSSR count). The summed E-state index contributed by atoms with van der Waals surface area (Å²) in [5.41, 5.74) is 4.21. The Bertz CT molecular complexity index is 776. The number of fused-ring (bicyclic) bond motifs is 1. The van der Waals surface area contributed by atoms with Gasteiger partial charge in [-0.15, -0.1) is 5.10 Å².